The molecule has 2 rings (SSSR count). The summed E-state index contributed by atoms with van der Waals surface area (Å²) in [4.78, 5) is 4.19. The first-order valence-corrected chi connectivity index (χ1v) is 3.72. The van der Waals surface area contributed by atoms with Gasteiger partial charge in [-0.2, -0.15) is 0 Å². The largest absolute Gasteiger partial charge is 0.377 e. The zero-order valence-electron chi connectivity index (χ0n) is 6.49. The molecule has 1 aromatic heterocycles. The maximum absolute atomic E-state index is 5.34. The maximum Gasteiger partial charge on any atom is 0.0722 e. The van der Waals surface area contributed by atoms with Crippen molar-refractivity contribution >= 4 is 16.6 Å². The molecule has 1 heterocycles. The molecule has 0 bridgehead atoms. The normalized spacial score (nSPS) is 10.1. The summed E-state index contributed by atoms with van der Waals surface area (Å²) in [6, 6.07) is 9.67. The predicted octanol–water partition coefficient (Wildman–Crippen LogP) is 2.32. The van der Waals surface area contributed by atoms with Gasteiger partial charge in [0.2, 0.25) is 0 Å². The molecule has 0 amide bonds. The summed E-state index contributed by atoms with van der Waals surface area (Å²) in [5, 5.41) is 3.67. The molecule has 58 valence electrons. The Morgan fingerprint density at radius 3 is 2.92 bits per heavy atom. The zero-order valence-corrected chi connectivity index (χ0v) is 6.49. The third-order valence-corrected chi connectivity index (χ3v) is 1.80. The molecule has 0 fully saturated rings. The molecule has 2 heteroatoms. The Morgan fingerprint density at radius 1 is 1.17 bits per heavy atom. The lowest BCUT2D eigenvalue weighted by atomic mass is 10.2. The summed E-state index contributed by atoms with van der Waals surface area (Å²) >= 11 is 0. The van der Waals surface area contributed by atoms with Gasteiger partial charge in [0.1, 0.15) is 0 Å². The van der Waals surface area contributed by atoms with E-state index in [2.05, 4.69) is 10.3 Å². The van der Waals surface area contributed by atoms with Gasteiger partial charge in [0.05, 0.1) is 12.6 Å². The molecular formula is C10H8N2. The molecule has 0 spiro atoms. The summed E-state index contributed by atoms with van der Waals surface area (Å²) in [7, 11) is 5.34. The minimum Gasteiger partial charge on any atom is -0.377 e. The lowest BCUT2D eigenvalue weighted by Gasteiger charge is -2.02. The number of hydrogen-bond donors (Lipinski definition) is 1. The number of hydrogen-bond acceptors (Lipinski definition) is 2. The summed E-state index contributed by atoms with van der Waals surface area (Å²) < 4.78 is 0. The fraction of sp³-hybridized carbons (Fsp3) is 0. The molecule has 2 nitrogen and oxygen atoms in total. The molecule has 0 atom stereocenters. The Labute approximate surface area is 71.2 Å². The van der Waals surface area contributed by atoms with E-state index in [9.17, 15) is 0 Å². The molecule has 2 radical (unpaired) electrons. The van der Waals surface area contributed by atoms with Crippen LogP contribution in [0.5, 0.6) is 0 Å². The van der Waals surface area contributed by atoms with Gasteiger partial charge < -0.3 is 5.32 Å². The molecule has 1 N–H and O–H groups in total. The van der Waals surface area contributed by atoms with E-state index in [0.29, 0.717) is 0 Å². The van der Waals surface area contributed by atoms with Crippen molar-refractivity contribution in [2.75, 3.05) is 5.32 Å². The van der Waals surface area contributed by atoms with E-state index in [-0.39, 0.29) is 0 Å². The van der Waals surface area contributed by atoms with Crippen molar-refractivity contribution in [3.05, 3.63) is 43.6 Å². The predicted molar refractivity (Wildman–Crippen MR) is 49.7 cm³/mol. The third-order valence-electron chi connectivity index (χ3n) is 1.80. The Kier molecular flexibility index (Phi) is 1.67. The minimum absolute atomic E-state index is 0.903. The Hall–Kier alpha value is -1.57. The van der Waals surface area contributed by atoms with Crippen molar-refractivity contribution < 1.29 is 0 Å². The highest BCUT2D eigenvalue weighted by molar-refractivity contribution is 5.91. The zero-order chi connectivity index (χ0) is 8.39. The molecule has 0 saturated heterocycles. The highest BCUT2D eigenvalue weighted by atomic mass is 14.8. The molecule has 12 heavy (non-hydrogen) atoms. The van der Waals surface area contributed by atoms with E-state index >= 15 is 0 Å². The van der Waals surface area contributed by atoms with Crippen LogP contribution in [-0.4, -0.2) is 4.98 Å². The van der Waals surface area contributed by atoms with Crippen molar-refractivity contribution in [2.45, 2.75) is 0 Å². The lowest BCUT2D eigenvalue weighted by Crippen LogP contribution is -1.86. The summed E-state index contributed by atoms with van der Waals surface area (Å²) in [5.41, 5.74) is 1.86. The molecular weight excluding hydrogens is 148 g/mol. The molecule has 0 saturated carbocycles. The second kappa shape index (κ2) is 2.81. The van der Waals surface area contributed by atoms with Crippen LogP contribution < -0.4 is 5.32 Å². The quantitative estimate of drug-likeness (QED) is 0.641. The van der Waals surface area contributed by atoms with Gasteiger partial charge >= 0.3 is 0 Å². The first-order valence-electron chi connectivity index (χ1n) is 3.72. The first-order chi connectivity index (χ1) is 5.92. The first kappa shape index (κ1) is 7.10. The second-order valence-electron chi connectivity index (χ2n) is 2.52. The lowest BCUT2D eigenvalue weighted by molar-refractivity contribution is 1.41. The van der Waals surface area contributed by atoms with Crippen molar-refractivity contribution in [1.82, 2.24) is 4.98 Å². The molecule has 2 aromatic rings. The van der Waals surface area contributed by atoms with Crippen LogP contribution in [0.4, 0.5) is 5.69 Å². The van der Waals surface area contributed by atoms with Crippen molar-refractivity contribution in [3.63, 3.8) is 0 Å². The van der Waals surface area contributed by atoms with Gasteiger partial charge in [0, 0.05) is 17.3 Å². The van der Waals surface area contributed by atoms with Crippen LogP contribution >= 0.6 is 0 Å². The number of nitrogens with one attached hydrogen (secondary N) is 1. The number of benzene rings is 1. The number of anilines is 1. The smallest absolute Gasteiger partial charge is 0.0722 e. The van der Waals surface area contributed by atoms with Crippen LogP contribution in [0.25, 0.3) is 10.9 Å². The van der Waals surface area contributed by atoms with E-state index in [4.69, 9.17) is 7.05 Å². The van der Waals surface area contributed by atoms with Gasteiger partial charge in [-0.05, 0) is 24.3 Å². The van der Waals surface area contributed by atoms with Gasteiger partial charge in [-0.15, -0.1) is 0 Å². The standard InChI is InChI=1S/C10H8N2/c1-11-9-5-2-6-10-8(9)4-3-7-12-10/h1-7,11H. The topological polar surface area (TPSA) is 24.9 Å². The van der Waals surface area contributed by atoms with Gasteiger partial charge in [0.25, 0.3) is 0 Å². The van der Waals surface area contributed by atoms with E-state index in [1.165, 1.54) is 0 Å². The highest BCUT2D eigenvalue weighted by Gasteiger charge is 1.96. The number of pyridine rings is 1. The highest BCUT2D eigenvalue weighted by Crippen LogP contribution is 2.20. The Balaban J connectivity index is 2.79. The summed E-state index contributed by atoms with van der Waals surface area (Å²) in [6.45, 7) is 0. The van der Waals surface area contributed by atoms with E-state index in [1.807, 2.05) is 30.3 Å². The fourth-order valence-corrected chi connectivity index (χ4v) is 1.23. The van der Waals surface area contributed by atoms with Crippen molar-refractivity contribution in [1.29, 1.82) is 0 Å². The number of rotatable bonds is 1. The molecule has 1 aromatic carbocycles. The van der Waals surface area contributed by atoms with Crippen LogP contribution in [0.15, 0.2) is 36.5 Å². The van der Waals surface area contributed by atoms with Crippen LogP contribution in [0, 0.1) is 7.05 Å². The monoisotopic (exact) mass is 156 g/mol. The SMILES string of the molecule is [CH]Nc1cccc2ncccc12. The molecule has 0 aliphatic heterocycles. The number of nitrogens with zero attached hydrogens (tertiary/aromatic N) is 1. The molecule has 0 unspecified atom stereocenters. The minimum atomic E-state index is 0.903. The van der Waals surface area contributed by atoms with E-state index in [1.54, 1.807) is 6.20 Å². The van der Waals surface area contributed by atoms with E-state index in [0.717, 1.165) is 16.6 Å². The van der Waals surface area contributed by atoms with Gasteiger partial charge in [-0.1, -0.05) is 6.07 Å². The van der Waals surface area contributed by atoms with E-state index < -0.39 is 0 Å². The summed E-state index contributed by atoms with van der Waals surface area (Å²) in [5.74, 6) is 0. The van der Waals surface area contributed by atoms with Crippen LogP contribution in [0.1, 0.15) is 0 Å². The Bertz CT molecular complexity index is 390. The number of fused-ring (bicyclic) bond motifs is 1. The number of aromatic nitrogens is 1. The Morgan fingerprint density at radius 2 is 2.08 bits per heavy atom. The van der Waals surface area contributed by atoms with Gasteiger partial charge in [-0.3, -0.25) is 4.98 Å². The summed E-state index contributed by atoms with van der Waals surface area (Å²) in [6.07, 6.45) is 1.77. The van der Waals surface area contributed by atoms with Gasteiger partial charge in [-0.25, -0.2) is 0 Å². The van der Waals surface area contributed by atoms with Crippen LogP contribution in [0.3, 0.4) is 0 Å². The average molecular weight is 156 g/mol. The molecule has 0 aliphatic rings. The third kappa shape index (κ3) is 1.01. The maximum atomic E-state index is 5.34. The van der Waals surface area contributed by atoms with Gasteiger partial charge in [0.15, 0.2) is 0 Å². The van der Waals surface area contributed by atoms with Crippen LogP contribution in [-0.2, 0) is 0 Å². The van der Waals surface area contributed by atoms with Crippen molar-refractivity contribution in [2.24, 2.45) is 0 Å². The second-order valence-corrected chi connectivity index (χ2v) is 2.52. The van der Waals surface area contributed by atoms with Crippen LogP contribution in [0.2, 0.25) is 0 Å². The fourth-order valence-electron chi connectivity index (χ4n) is 1.23. The van der Waals surface area contributed by atoms with Crippen molar-refractivity contribution in [3.8, 4) is 0 Å². The molecule has 0 aliphatic carbocycles. The average Bonchev–Trinajstić information content (AvgIpc) is 2.17.